The molecule has 7 nitrogen and oxygen atoms in total. The Kier molecular flexibility index (Phi) is 5.84. The van der Waals surface area contributed by atoms with E-state index >= 15 is 0 Å². The molecule has 0 fully saturated rings. The second kappa shape index (κ2) is 7.99. The molecule has 1 aromatic carbocycles. The minimum absolute atomic E-state index is 0.0440. The Hall–Kier alpha value is -2.28. The molecule has 0 aliphatic carbocycles. The molecule has 0 atom stereocenters. The van der Waals surface area contributed by atoms with Crippen molar-refractivity contribution >= 4 is 17.7 Å². The molecule has 0 aromatic heterocycles. The van der Waals surface area contributed by atoms with Crippen molar-refractivity contribution in [1.82, 2.24) is 4.90 Å². The van der Waals surface area contributed by atoms with Gasteiger partial charge in [0.1, 0.15) is 24.6 Å². The molecule has 0 saturated heterocycles. The van der Waals surface area contributed by atoms with Gasteiger partial charge in [-0.1, -0.05) is 0 Å². The predicted molar refractivity (Wildman–Crippen MR) is 106 cm³/mol. The van der Waals surface area contributed by atoms with Crippen LogP contribution < -0.4 is 9.64 Å². The van der Waals surface area contributed by atoms with Gasteiger partial charge >= 0.3 is 6.09 Å². The van der Waals surface area contributed by atoms with Gasteiger partial charge in [-0.15, -0.1) is 0 Å². The van der Waals surface area contributed by atoms with Gasteiger partial charge in [-0.3, -0.25) is 4.79 Å². The first-order valence-corrected chi connectivity index (χ1v) is 9.76. The summed E-state index contributed by atoms with van der Waals surface area (Å²) in [4.78, 5) is 28.5. The van der Waals surface area contributed by atoms with Crippen LogP contribution in [0.25, 0.3) is 0 Å². The van der Waals surface area contributed by atoms with Gasteiger partial charge in [0.2, 0.25) is 0 Å². The zero-order valence-corrected chi connectivity index (χ0v) is 17.5. The first kappa shape index (κ1) is 20.5. The SMILES string of the molecule is COCC(=O)N1CCOc2cc3c(c(C)c21)CCN(C(=O)OC(C)(C)C)CC3. The zero-order valence-electron chi connectivity index (χ0n) is 17.5. The van der Waals surface area contributed by atoms with E-state index in [1.54, 1.807) is 9.80 Å². The van der Waals surface area contributed by atoms with Crippen molar-refractivity contribution in [2.45, 2.75) is 46.1 Å². The standard InChI is InChI=1S/C21H30N2O5/c1-14-16-7-9-22(20(25)28-21(2,3)4)8-6-15(16)12-17-19(14)23(10-11-27-17)18(24)13-26-5/h12H,6-11,13H2,1-5H3. The third-order valence-corrected chi connectivity index (χ3v) is 5.08. The lowest BCUT2D eigenvalue weighted by atomic mass is 9.94. The Bertz CT molecular complexity index is 769. The molecule has 1 aromatic rings. The summed E-state index contributed by atoms with van der Waals surface area (Å²) in [5.41, 5.74) is 3.72. The number of hydrogen-bond donors (Lipinski definition) is 0. The van der Waals surface area contributed by atoms with Crippen molar-refractivity contribution in [3.63, 3.8) is 0 Å². The molecule has 28 heavy (non-hydrogen) atoms. The van der Waals surface area contributed by atoms with E-state index in [1.807, 2.05) is 33.8 Å². The molecular weight excluding hydrogens is 360 g/mol. The molecule has 0 N–H and O–H groups in total. The average Bonchev–Trinajstić information content (AvgIpc) is 2.83. The molecule has 0 unspecified atom stereocenters. The molecule has 2 aliphatic rings. The van der Waals surface area contributed by atoms with Crippen LogP contribution in [0.5, 0.6) is 5.75 Å². The van der Waals surface area contributed by atoms with Crippen LogP contribution in [0.15, 0.2) is 6.07 Å². The Morgan fingerprint density at radius 3 is 2.57 bits per heavy atom. The number of fused-ring (bicyclic) bond motifs is 2. The number of amides is 2. The van der Waals surface area contributed by atoms with E-state index in [0.717, 1.165) is 29.8 Å². The van der Waals surface area contributed by atoms with E-state index in [1.165, 1.54) is 18.2 Å². The molecule has 0 radical (unpaired) electrons. The smallest absolute Gasteiger partial charge is 0.410 e. The van der Waals surface area contributed by atoms with E-state index < -0.39 is 5.60 Å². The van der Waals surface area contributed by atoms with E-state index in [4.69, 9.17) is 14.2 Å². The fourth-order valence-electron chi connectivity index (χ4n) is 3.83. The zero-order chi connectivity index (χ0) is 20.5. The van der Waals surface area contributed by atoms with Crippen LogP contribution >= 0.6 is 0 Å². The first-order chi connectivity index (χ1) is 13.2. The molecule has 0 spiro atoms. The average molecular weight is 390 g/mol. The number of ether oxygens (including phenoxy) is 3. The molecule has 154 valence electrons. The van der Waals surface area contributed by atoms with Crippen molar-refractivity contribution < 1.29 is 23.8 Å². The molecular formula is C21H30N2O5. The van der Waals surface area contributed by atoms with E-state index in [-0.39, 0.29) is 18.6 Å². The summed E-state index contributed by atoms with van der Waals surface area (Å²) in [5, 5.41) is 0. The van der Waals surface area contributed by atoms with Crippen molar-refractivity contribution in [2.75, 3.05) is 44.9 Å². The maximum Gasteiger partial charge on any atom is 0.410 e. The van der Waals surface area contributed by atoms with Crippen molar-refractivity contribution in [1.29, 1.82) is 0 Å². The van der Waals surface area contributed by atoms with Crippen LogP contribution in [0.1, 0.15) is 37.5 Å². The first-order valence-electron chi connectivity index (χ1n) is 9.76. The number of benzene rings is 1. The number of carbonyl (C=O) groups excluding carboxylic acids is 2. The lowest BCUT2D eigenvalue weighted by Crippen LogP contribution is -2.40. The van der Waals surface area contributed by atoms with Crippen LogP contribution in [0.2, 0.25) is 0 Å². The summed E-state index contributed by atoms with van der Waals surface area (Å²) in [5.74, 6) is 0.664. The van der Waals surface area contributed by atoms with Crippen LogP contribution in [0.3, 0.4) is 0 Å². The monoisotopic (exact) mass is 390 g/mol. The van der Waals surface area contributed by atoms with Crippen molar-refractivity contribution in [2.24, 2.45) is 0 Å². The van der Waals surface area contributed by atoms with Gasteiger partial charge in [-0.25, -0.2) is 4.79 Å². The molecule has 2 amide bonds. The number of carbonyl (C=O) groups is 2. The maximum absolute atomic E-state index is 12.5. The van der Waals surface area contributed by atoms with Gasteiger partial charge in [-0.05, 0) is 63.3 Å². The topological polar surface area (TPSA) is 68.3 Å². The second-order valence-electron chi connectivity index (χ2n) is 8.28. The number of nitrogens with zero attached hydrogens (tertiary/aromatic N) is 2. The van der Waals surface area contributed by atoms with E-state index in [9.17, 15) is 9.59 Å². The lowest BCUT2D eigenvalue weighted by Gasteiger charge is -2.32. The Balaban J connectivity index is 1.87. The summed E-state index contributed by atoms with van der Waals surface area (Å²) in [6.07, 6.45) is 1.17. The number of rotatable bonds is 2. The Labute approximate surface area is 166 Å². The lowest BCUT2D eigenvalue weighted by molar-refractivity contribution is -0.122. The maximum atomic E-state index is 12.5. The van der Waals surface area contributed by atoms with Gasteiger partial charge in [0.25, 0.3) is 5.91 Å². The third kappa shape index (κ3) is 4.24. The summed E-state index contributed by atoms with van der Waals surface area (Å²) >= 11 is 0. The number of anilines is 1. The molecule has 2 heterocycles. The fourth-order valence-corrected chi connectivity index (χ4v) is 3.83. The van der Waals surface area contributed by atoms with Crippen molar-refractivity contribution in [3.05, 3.63) is 22.8 Å². The molecule has 0 saturated carbocycles. The van der Waals surface area contributed by atoms with Crippen LogP contribution in [0.4, 0.5) is 10.5 Å². The highest BCUT2D eigenvalue weighted by Gasteiger charge is 2.30. The number of hydrogen-bond acceptors (Lipinski definition) is 5. The molecule has 2 aliphatic heterocycles. The minimum Gasteiger partial charge on any atom is -0.490 e. The molecule has 7 heteroatoms. The summed E-state index contributed by atoms with van der Waals surface area (Å²) < 4.78 is 16.4. The van der Waals surface area contributed by atoms with Crippen LogP contribution in [-0.2, 0) is 27.1 Å². The highest BCUT2D eigenvalue weighted by atomic mass is 16.6. The van der Waals surface area contributed by atoms with E-state index in [2.05, 4.69) is 0 Å². The van der Waals surface area contributed by atoms with Gasteiger partial charge < -0.3 is 24.0 Å². The Morgan fingerprint density at radius 2 is 1.89 bits per heavy atom. The largest absolute Gasteiger partial charge is 0.490 e. The molecule has 3 rings (SSSR count). The van der Waals surface area contributed by atoms with Crippen LogP contribution in [0, 0.1) is 6.92 Å². The molecule has 0 bridgehead atoms. The van der Waals surface area contributed by atoms with Gasteiger partial charge in [0.05, 0.1) is 12.2 Å². The minimum atomic E-state index is -0.513. The summed E-state index contributed by atoms with van der Waals surface area (Å²) in [7, 11) is 1.52. The highest BCUT2D eigenvalue weighted by Crippen LogP contribution is 2.40. The van der Waals surface area contributed by atoms with Crippen molar-refractivity contribution in [3.8, 4) is 5.75 Å². The second-order valence-corrected chi connectivity index (χ2v) is 8.28. The van der Waals surface area contributed by atoms with Gasteiger partial charge in [-0.2, -0.15) is 0 Å². The van der Waals surface area contributed by atoms with Gasteiger partial charge in [0.15, 0.2) is 0 Å². The third-order valence-electron chi connectivity index (χ3n) is 5.08. The predicted octanol–water partition coefficient (Wildman–Crippen LogP) is 2.70. The normalized spacial score (nSPS) is 16.6. The summed E-state index contributed by atoms with van der Waals surface area (Å²) in [6, 6.07) is 2.03. The highest BCUT2D eigenvalue weighted by molar-refractivity contribution is 5.97. The summed E-state index contributed by atoms with van der Waals surface area (Å²) in [6.45, 7) is 9.87. The van der Waals surface area contributed by atoms with E-state index in [0.29, 0.717) is 26.2 Å². The Morgan fingerprint density at radius 1 is 1.18 bits per heavy atom. The number of methoxy groups -OCH3 is 1. The quantitative estimate of drug-likeness (QED) is 0.777. The van der Waals surface area contributed by atoms with Gasteiger partial charge in [0, 0.05) is 20.2 Å². The van der Waals surface area contributed by atoms with Crippen LogP contribution in [-0.4, -0.2) is 62.5 Å². The fraction of sp³-hybridized carbons (Fsp3) is 0.619.